The summed E-state index contributed by atoms with van der Waals surface area (Å²) in [5.74, 6) is 1.03. The molecule has 1 aliphatic rings. The average molecular weight is 191 g/mol. The Morgan fingerprint density at radius 3 is 3.00 bits per heavy atom. The van der Waals surface area contributed by atoms with Gasteiger partial charge in [0.05, 0.1) is 6.04 Å². The van der Waals surface area contributed by atoms with Crippen molar-refractivity contribution in [2.75, 3.05) is 18.9 Å². The highest BCUT2D eigenvalue weighted by Crippen LogP contribution is 2.13. The van der Waals surface area contributed by atoms with Crippen LogP contribution in [0, 0.1) is 0 Å². The summed E-state index contributed by atoms with van der Waals surface area (Å²) in [5, 5.41) is 3.23. The number of carbonyl (C=O) groups excluding carboxylic acids is 1. The molecule has 1 fully saturated rings. The molecule has 1 amide bonds. The lowest BCUT2D eigenvalue weighted by Crippen LogP contribution is -2.24. The molecule has 74 valence electrons. The van der Waals surface area contributed by atoms with Crippen LogP contribution in [0.5, 0.6) is 0 Å². The lowest BCUT2D eigenvalue weighted by Gasteiger charge is -2.12. The summed E-state index contributed by atoms with van der Waals surface area (Å²) >= 11 is 0. The number of likely N-dealkylation sites (N-methyl/N-ethyl adjacent to an activating group) is 1. The minimum atomic E-state index is 0.193. The van der Waals surface area contributed by atoms with Gasteiger partial charge < -0.3 is 10.2 Å². The topological polar surface area (TPSA) is 45.2 Å². The van der Waals surface area contributed by atoms with Crippen LogP contribution in [0.3, 0.4) is 0 Å². The molecule has 0 aromatic carbocycles. The maximum Gasteiger partial charge on any atom is 0.224 e. The van der Waals surface area contributed by atoms with Crippen molar-refractivity contribution in [1.29, 1.82) is 0 Å². The fraction of sp³-hybridized carbons (Fsp3) is 0.400. The van der Waals surface area contributed by atoms with Gasteiger partial charge >= 0.3 is 0 Å². The Bertz CT molecular complexity index is 325. The summed E-state index contributed by atoms with van der Waals surface area (Å²) < 4.78 is 0. The molecule has 0 radical (unpaired) electrons. The first kappa shape index (κ1) is 8.99. The summed E-state index contributed by atoms with van der Waals surface area (Å²) in [6.07, 6.45) is 2.30. The van der Waals surface area contributed by atoms with E-state index in [1.807, 2.05) is 25.2 Å². The van der Waals surface area contributed by atoms with Gasteiger partial charge in [-0.1, -0.05) is 6.07 Å². The number of aromatic nitrogens is 1. The maximum atomic E-state index is 11.2. The van der Waals surface area contributed by atoms with Gasteiger partial charge in [0.15, 0.2) is 0 Å². The van der Waals surface area contributed by atoms with Crippen molar-refractivity contribution in [1.82, 2.24) is 9.88 Å². The molecule has 1 N–H and O–H groups in total. The van der Waals surface area contributed by atoms with Crippen LogP contribution in [-0.2, 0) is 4.79 Å². The zero-order valence-electron chi connectivity index (χ0n) is 8.10. The number of amides is 1. The number of pyridine rings is 1. The number of likely N-dealkylation sites (tertiary alicyclic amines) is 1. The van der Waals surface area contributed by atoms with Crippen molar-refractivity contribution in [3.05, 3.63) is 24.4 Å². The Morgan fingerprint density at radius 2 is 2.43 bits per heavy atom. The largest absolute Gasteiger partial charge is 0.365 e. The van der Waals surface area contributed by atoms with Crippen LogP contribution >= 0.6 is 0 Å². The summed E-state index contributed by atoms with van der Waals surface area (Å²) in [6.45, 7) is 0.759. The van der Waals surface area contributed by atoms with Gasteiger partial charge in [0.25, 0.3) is 0 Å². The van der Waals surface area contributed by atoms with Crippen LogP contribution in [0.2, 0.25) is 0 Å². The molecule has 4 heteroatoms. The molecule has 4 nitrogen and oxygen atoms in total. The Hall–Kier alpha value is -1.58. The SMILES string of the molecule is CN1CC(Nc2ccccn2)CC1=O. The summed E-state index contributed by atoms with van der Waals surface area (Å²) in [7, 11) is 1.82. The number of rotatable bonds is 2. The Labute approximate surface area is 82.9 Å². The van der Waals surface area contributed by atoms with Gasteiger partial charge in [-0.3, -0.25) is 4.79 Å². The third-order valence-corrected chi connectivity index (χ3v) is 2.36. The van der Waals surface area contributed by atoms with Crippen LogP contribution in [0.4, 0.5) is 5.82 Å². The first-order valence-corrected chi connectivity index (χ1v) is 4.67. The highest BCUT2D eigenvalue weighted by atomic mass is 16.2. The second-order valence-corrected chi connectivity index (χ2v) is 3.53. The first-order chi connectivity index (χ1) is 6.75. The van der Waals surface area contributed by atoms with E-state index in [0.29, 0.717) is 6.42 Å². The van der Waals surface area contributed by atoms with E-state index in [9.17, 15) is 4.79 Å². The molecule has 1 aliphatic heterocycles. The van der Waals surface area contributed by atoms with Crippen molar-refractivity contribution in [3.8, 4) is 0 Å². The summed E-state index contributed by atoms with van der Waals surface area (Å²) in [5.41, 5.74) is 0. The van der Waals surface area contributed by atoms with E-state index < -0.39 is 0 Å². The van der Waals surface area contributed by atoms with Crippen molar-refractivity contribution >= 4 is 11.7 Å². The first-order valence-electron chi connectivity index (χ1n) is 4.67. The van der Waals surface area contributed by atoms with Crippen molar-refractivity contribution in [3.63, 3.8) is 0 Å². The molecule has 1 aromatic rings. The molecule has 14 heavy (non-hydrogen) atoms. The number of anilines is 1. The maximum absolute atomic E-state index is 11.2. The van der Waals surface area contributed by atoms with Crippen molar-refractivity contribution in [2.24, 2.45) is 0 Å². The fourth-order valence-electron chi connectivity index (χ4n) is 1.62. The second-order valence-electron chi connectivity index (χ2n) is 3.53. The third-order valence-electron chi connectivity index (χ3n) is 2.36. The number of carbonyl (C=O) groups is 1. The van der Waals surface area contributed by atoms with E-state index in [0.717, 1.165) is 12.4 Å². The van der Waals surface area contributed by atoms with Gasteiger partial charge in [-0.2, -0.15) is 0 Å². The van der Waals surface area contributed by atoms with E-state index in [4.69, 9.17) is 0 Å². The van der Waals surface area contributed by atoms with Crippen molar-refractivity contribution < 1.29 is 4.79 Å². The standard InChI is InChI=1S/C10H13N3O/c1-13-7-8(6-10(13)14)12-9-4-2-3-5-11-9/h2-5,8H,6-7H2,1H3,(H,11,12). The molecular formula is C10H13N3O. The number of nitrogens with zero attached hydrogens (tertiary/aromatic N) is 2. The Kier molecular flexibility index (Phi) is 2.35. The van der Waals surface area contributed by atoms with Crippen LogP contribution in [0.25, 0.3) is 0 Å². The second kappa shape index (κ2) is 3.65. The lowest BCUT2D eigenvalue weighted by molar-refractivity contribution is -0.126. The molecule has 2 rings (SSSR count). The van der Waals surface area contributed by atoms with Gasteiger partial charge in [0, 0.05) is 26.2 Å². The zero-order valence-corrected chi connectivity index (χ0v) is 8.10. The van der Waals surface area contributed by atoms with Gasteiger partial charge in [0.2, 0.25) is 5.91 Å². The third kappa shape index (κ3) is 1.84. The number of hydrogen-bond acceptors (Lipinski definition) is 3. The van der Waals surface area contributed by atoms with Crippen LogP contribution < -0.4 is 5.32 Å². The van der Waals surface area contributed by atoms with E-state index in [-0.39, 0.29) is 11.9 Å². The molecule has 1 atom stereocenters. The lowest BCUT2D eigenvalue weighted by atomic mass is 10.2. The molecule has 0 aliphatic carbocycles. The van der Waals surface area contributed by atoms with Crippen LogP contribution in [0.15, 0.2) is 24.4 Å². The quantitative estimate of drug-likeness (QED) is 0.749. The van der Waals surface area contributed by atoms with Gasteiger partial charge in [-0.05, 0) is 12.1 Å². The minimum absolute atomic E-state index is 0.193. The van der Waals surface area contributed by atoms with E-state index >= 15 is 0 Å². The molecular weight excluding hydrogens is 178 g/mol. The molecule has 0 bridgehead atoms. The molecule has 0 spiro atoms. The van der Waals surface area contributed by atoms with Crippen molar-refractivity contribution in [2.45, 2.75) is 12.5 Å². The van der Waals surface area contributed by atoms with E-state index in [2.05, 4.69) is 10.3 Å². The zero-order chi connectivity index (χ0) is 9.97. The predicted octanol–water partition coefficient (Wildman–Crippen LogP) is 0.724. The highest BCUT2D eigenvalue weighted by molar-refractivity contribution is 5.79. The van der Waals surface area contributed by atoms with Crippen LogP contribution in [-0.4, -0.2) is 35.4 Å². The van der Waals surface area contributed by atoms with E-state index in [1.165, 1.54) is 0 Å². The van der Waals surface area contributed by atoms with Gasteiger partial charge in [-0.15, -0.1) is 0 Å². The van der Waals surface area contributed by atoms with Gasteiger partial charge in [0.1, 0.15) is 5.82 Å². The predicted molar refractivity (Wildman–Crippen MR) is 53.9 cm³/mol. The Balaban J connectivity index is 1.97. The van der Waals surface area contributed by atoms with E-state index in [1.54, 1.807) is 11.1 Å². The summed E-state index contributed by atoms with van der Waals surface area (Å²) in [4.78, 5) is 17.1. The molecule has 0 saturated carbocycles. The fourth-order valence-corrected chi connectivity index (χ4v) is 1.62. The van der Waals surface area contributed by atoms with Crippen LogP contribution in [0.1, 0.15) is 6.42 Å². The Morgan fingerprint density at radius 1 is 1.57 bits per heavy atom. The number of nitrogens with one attached hydrogen (secondary N) is 1. The molecule has 2 heterocycles. The molecule has 1 unspecified atom stereocenters. The monoisotopic (exact) mass is 191 g/mol. The number of hydrogen-bond donors (Lipinski definition) is 1. The molecule has 1 aromatic heterocycles. The van der Waals surface area contributed by atoms with Gasteiger partial charge in [-0.25, -0.2) is 4.98 Å². The minimum Gasteiger partial charge on any atom is -0.365 e. The average Bonchev–Trinajstić information content (AvgIpc) is 2.47. The molecule has 1 saturated heterocycles. The smallest absolute Gasteiger partial charge is 0.224 e. The summed E-state index contributed by atoms with van der Waals surface area (Å²) in [6, 6.07) is 5.90. The normalized spacial score (nSPS) is 21.4. The highest BCUT2D eigenvalue weighted by Gasteiger charge is 2.26.